The molecule has 2 unspecified atom stereocenters. The van der Waals surface area contributed by atoms with E-state index in [0.717, 1.165) is 18.1 Å². The summed E-state index contributed by atoms with van der Waals surface area (Å²) >= 11 is 1.34. The smallest absolute Gasteiger partial charge is 0.253 e. The number of aliphatic hydroxyl groups is 1. The maximum Gasteiger partial charge on any atom is 0.253 e. The number of aliphatic imine (C=N–C) groups is 1. The summed E-state index contributed by atoms with van der Waals surface area (Å²) in [6, 6.07) is 12.2. The van der Waals surface area contributed by atoms with Crippen molar-refractivity contribution >= 4 is 23.1 Å². The lowest BCUT2D eigenvalue weighted by Gasteiger charge is -2.25. The van der Waals surface area contributed by atoms with Crippen molar-refractivity contribution in [2.45, 2.75) is 57.8 Å². The average molecular weight is 542 g/mol. The van der Waals surface area contributed by atoms with Crippen molar-refractivity contribution in [3.63, 3.8) is 0 Å². The first-order valence-electron chi connectivity index (χ1n) is 12.7. The van der Waals surface area contributed by atoms with Crippen LogP contribution in [0.4, 0.5) is 8.78 Å². The van der Waals surface area contributed by atoms with Gasteiger partial charge in [0.05, 0.1) is 23.2 Å². The summed E-state index contributed by atoms with van der Waals surface area (Å²) in [4.78, 5) is 18.5. The van der Waals surface area contributed by atoms with Gasteiger partial charge in [0.2, 0.25) is 5.90 Å². The van der Waals surface area contributed by atoms with Gasteiger partial charge in [0.15, 0.2) is 0 Å². The molecule has 38 heavy (non-hydrogen) atoms. The zero-order valence-electron chi connectivity index (χ0n) is 21.8. The van der Waals surface area contributed by atoms with Crippen LogP contribution in [0.2, 0.25) is 0 Å². The zero-order valence-corrected chi connectivity index (χ0v) is 22.6. The fourth-order valence-electron chi connectivity index (χ4n) is 4.33. The van der Waals surface area contributed by atoms with Crippen molar-refractivity contribution < 1.29 is 23.4 Å². The van der Waals surface area contributed by atoms with E-state index >= 15 is 0 Å². The van der Waals surface area contributed by atoms with Gasteiger partial charge in [0.25, 0.3) is 5.91 Å². The Kier molecular flexibility index (Phi) is 8.91. The van der Waals surface area contributed by atoms with E-state index in [9.17, 15) is 18.7 Å². The van der Waals surface area contributed by atoms with E-state index in [1.54, 1.807) is 11.4 Å². The van der Waals surface area contributed by atoms with Crippen LogP contribution < -0.4 is 10.6 Å². The molecule has 6 nitrogen and oxygen atoms in total. The Balaban J connectivity index is 1.49. The van der Waals surface area contributed by atoms with Crippen molar-refractivity contribution in [2.24, 2.45) is 4.99 Å². The summed E-state index contributed by atoms with van der Waals surface area (Å²) in [5, 5.41) is 19.0. The number of ether oxygens (including phenoxy) is 1. The van der Waals surface area contributed by atoms with Crippen LogP contribution in [0, 0.1) is 11.6 Å². The lowest BCUT2D eigenvalue weighted by molar-refractivity contribution is 0.0830. The molecule has 0 saturated heterocycles. The van der Waals surface area contributed by atoms with Crippen molar-refractivity contribution in [1.29, 1.82) is 0 Å². The Morgan fingerprint density at radius 1 is 1.13 bits per heavy atom. The Hall–Kier alpha value is -3.14. The predicted octanol–water partition coefficient (Wildman–Crippen LogP) is 4.64. The third-order valence-corrected chi connectivity index (χ3v) is 7.21. The van der Waals surface area contributed by atoms with Gasteiger partial charge in [-0.2, -0.15) is 0 Å². The van der Waals surface area contributed by atoms with Crippen LogP contribution in [0.15, 0.2) is 58.9 Å². The Morgan fingerprint density at radius 3 is 2.55 bits per heavy atom. The van der Waals surface area contributed by atoms with Crippen LogP contribution >= 0.6 is 11.3 Å². The highest BCUT2D eigenvalue weighted by Crippen LogP contribution is 2.26. The first-order chi connectivity index (χ1) is 18.1. The standard InChI is InChI=1S/C29H33F2N3O3S/c1-4-18-6-5-7-19(10-18)15-32-16-25(35)24(13-20-11-21(30)14-22(31)12-20)33-27(36)23-8-9-38-26(23)28-34-29(2,3)17-37-28/h5-12,14,24-25,32,35H,4,13,15-17H2,1-3H3,(H,33,36). The van der Waals surface area contributed by atoms with Gasteiger partial charge in [-0.1, -0.05) is 31.2 Å². The number of aliphatic hydroxyl groups excluding tert-OH is 1. The van der Waals surface area contributed by atoms with Crippen LogP contribution in [0.5, 0.6) is 0 Å². The van der Waals surface area contributed by atoms with Gasteiger partial charge in [-0.25, -0.2) is 13.8 Å². The van der Waals surface area contributed by atoms with Crippen LogP contribution in [0.1, 0.15) is 52.7 Å². The number of carbonyl (C=O) groups excluding carboxylic acids is 1. The number of thiophene rings is 1. The molecule has 9 heteroatoms. The van der Waals surface area contributed by atoms with Gasteiger partial charge >= 0.3 is 0 Å². The largest absolute Gasteiger partial charge is 0.474 e. The summed E-state index contributed by atoms with van der Waals surface area (Å²) in [5.74, 6) is -1.44. The minimum absolute atomic E-state index is 0.0402. The number of hydrogen-bond donors (Lipinski definition) is 3. The minimum Gasteiger partial charge on any atom is -0.474 e. The van der Waals surface area contributed by atoms with E-state index in [1.165, 1.54) is 29.0 Å². The molecule has 0 bridgehead atoms. The monoisotopic (exact) mass is 541 g/mol. The lowest BCUT2D eigenvalue weighted by atomic mass is 10.00. The fourth-order valence-corrected chi connectivity index (χ4v) is 5.17. The summed E-state index contributed by atoms with van der Waals surface area (Å²) in [7, 11) is 0. The van der Waals surface area contributed by atoms with Crippen LogP contribution in [-0.2, 0) is 24.1 Å². The quantitative estimate of drug-likeness (QED) is 0.331. The Labute approximate surface area is 225 Å². The van der Waals surface area contributed by atoms with Gasteiger partial charge in [-0.05, 0) is 67.0 Å². The van der Waals surface area contributed by atoms with Crippen molar-refractivity contribution in [1.82, 2.24) is 10.6 Å². The van der Waals surface area contributed by atoms with E-state index in [2.05, 4.69) is 34.7 Å². The van der Waals surface area contributed by atoms with E-state index in [-0.39, 0.29) is 18.5 Å². The van der Waals surface area contributed by atoms with E-state index in [4.69, 9.17) is 4.74 Å². The van der Waals surface area contributed by atoms with Gasteiger partial charge in [-0.15, -0.1) is 11.3 Å². The second kappa shape index (κ2) is 12.1. The molecule has 1 aliphatic heterocycles. The molecule has 3 N–H and O–H groups in total. The Bertz CT molecular complexity index is 1290. The summed E-state index contributed by atoms with van der Waals surface area (Å²) < 4.78 is 33.5. The van der Waals surface area contributed by atoms with Gasteiger partial charge in [0.1, 0.15) is 23.1 Å². The lowest BCUT2D eigenvalue weighted by Crippen LogP contribution is -2.48. The molecule has 0 saturated carbocycles. The molecular formula is C29H33F2N3O3S. The summed E-state index contributed by atoms with van der Waals surface area (Å²) in [5.41, 5.74) is 2.62. The highest BCUT2D eigenvalue weighted by molar-refractivity contribution is 7.12. The number of benzene rings is 2. The van der Waals surface area contributed by atoms with Gasteiger partial charge in [0, 0.05) is 19.2 Å². The fraction of sp³-hybridized carbons (Fsp3) is 0.379. The summed E-state index contributed by atoms with van der Waals surface area (Å²) in [6.07, 6.45) is -0.0620. The zero-order chi connectivity index (χ0) is 27.3. The number of hydrogen-bond acceptors (Lipinski definition) is 6. The molecule has 1 amide bonds. The minimum atomic E-state index is -1.03. The van der Waals surface area contributed by atoms with E-state index in [1.807, 2.05) is 26.0 Å². The normalized spacial score (nSPS) is 16.0. The maximum atomic E-state index is 13.9. The number of halogens is 2. The number of nitrogens with one attached hydrogen (secondary N) is 2. The van der Waals surface area contributed by atoms with Gasteiger partial charge in [-0.3, -0.25) is 4.79 Å². The first-order valence-corrected chi connectivity index (χ1v) is 13.5. The molecular weight excluding hydrogens is 508 g/mol. The number of nitrogens with zero attached hydrogens (tertiary/aromatic N) is 1. The Morgan fingerprint density at radius 2 is 1.87 bits per heavy atom. The highest BCUT2D eigenvalue weighted by Gasteiger charge is 2.31. The molecule has 0 fully saturated rings. The number of aryl methyl sites for hydroxylation is 1. The van der Waals surface area contributed by atoms with E-state index < -0.39 is 29.7 Å². The molecule has 2 heterocycles. The van der Waals surface area contributed by atoms with E-state index in [0.29, 0.717) is 35.1 Å². The molecule has 202 valence electrons. The molecule has 2 atom stereocenters. The van der Waals surface area contributed by atoms with Crippen LogP contribution in [0.25, 0.3) is 0 Å². The molecule has 0 aliphatic carbocycles. The maximum absolute atomic E-state index is 13.9. The predicted molar refractivity (Wildman–Crippen MR) is 146 cm³/mol. The molecule has 1 aromatic heterocycles. The molecule has 4 rings (SSSR count). The van der Waals surface area contributed by atoms with Crippen LogP contribution in [0.3, 0.4) is 0 Å². The van der Waals surface area contributed by atoms with Crippen LogP contribution in [-0.4, -0.2) is 47.7 Å². The number of rotatable bonds is 11. The van der Waals surface area contributed by atoms with Crippen molar-refractivity contribution in [3.8, 4) is 0 Å². The van der Waals surface area contributed by atoms with Crippen molar-refractivity contribution in [2.75, 3.05) is 13.2 Å². The number of amides is 1. The average Bonchev–Trinajstić information content (AvgIpc) is 3.49. The van der Waals surface area contributed by atoms with Gasteiger partial charge < -0.3 is 20.5 Å². The molecule has 0 spiro atoms. The topological polar surface area (TPSA) is 83.0 Å². The first kappa shape index (κ1) is 27.9. The second-order valence-electron chi connectivity index (χ2n) is 10.1. The molecule has 1 aliphatic rings. The third-order valence-electron chi connectivity index (χ3n) is 6.31. The third kappa shape index (κ3) is 7.24. The molecule has 0 radical (unpaired) electrons. The molecule has 3 aromatic rings. The molecule has 2 aromatic carbocycles. The highest BCUT2D eigenvalue weighted by atomic mass is 32.1. The van der Waals surface area contributed by atoms with Crippen molar-refractivity contribution in [3.05, 3.63) is 92.7 Å². The second-order valence-corrected chi connectivity index (χ2v) is 11.0. The number of carbonyl (C=O) groups is 1. The SMILES string of the molecule is CCc1cccc(CNCC(O)C(Cc2cc(F)cc(F)c2)NC(=O)c2ccsc2C2=NC(C)(C)CO2)c1. The summed E-state index contributed by atoms with van der Waals surface area (Å²) in [6.45, 7) is 7.10.